The van der Waals surface area contributed by atoms with E-state index in [-0.39, 0.29) is 18.4 Å². The maximum absolute atomic E-state index is 12.6. The molecule has 0 saturated heterocycles. The van der Waals surface area contributed by atoms with E-state index in [9.17, 15) is 9.59 Å². The minimum atomic E-state index is -1.02. The van der Waals surface area contributed by atoms with Crippen molar-refractivity contribution in [2.24, 2.45) is 5.92 Å². The minimum absolute atomic E-state index is 0.186. The number of hydrogen-bond acceptors (Lipinski definition) is 3. The fourth-order valence-corrected chi connectivity index (χ4v) is 2.11. The Morgan fingerprint density at radius 1 is 1.24 bits per heavy atom. The first-order chi connectivity index (χ1) is 9.95. The van der Waals surface area contributed by atoms with Crippen molar-refractivity contribution in [1.29, 1.82) is 0 Å². The van der Waals surface area contributed by atoms with E-state index in [1.165, 1.54) is 4.90 Å². The summed E-state index contributed by atoms with van der Waals surface area (Å²) in [5.41, 5.74) is 0.739. The van der Waals surface area contributed by atoms with Crippen molar-refractivity contribution in [2.75, 3.05) is 19.7 Å². The molecule has 5 heteroatoms. The Hall–Kier alpha value is -1.88. The Morgan fingerprint density at radius 3 is 2.33 bits per heavy atom. The number of carboxylic acid groups (broad SMARTS) is 1. The predicted octanol–water partition coefficient (Wildman–Crippen LogP) is 2.33. The van der Waals surface area contributed by atoms with Gasteiger partial charge in [0.05, 0.1) is 0 Å². The third kappa shape index (κ3) is 5.55. The van der Waals surface area contributed by atoms with Crippen LogP contribution >= 0.6 is 0 Å². The number of aliphatic carboxylic acids is 1. The normalized spacial score (nSPS) is 12.2. The molecular weight excluding hydrogens is 270 g/mol. The van der Waals surface area contributed by atoms with Gasteiger partial charge in [-0.2, -0.15) is 0 Å². The van der Waals surface area contributed by atoms with Crippen LogP contribution in [0.4, 0.5) is 0 Å². The average Bonchev–Trinajstić information content (AvgIpc) is 2.43. The number of nitrogens with zero attached hydrogens (tertiary/aromatic N) is 1. The lowest BCUT2D eigenvalue weighted by Gasteiger charge is -2.27. The molecular formula is C16H23NO4. The molecule has 116 valence electrons. The van der Waals surface area contributed by atoms with Gasteiger partial charge in [-0.15, -0.1) is 0 Å². The molecule has 0 saturated carbocycles. The first-order valence-corrected chi connectivity index (χ1v) is 7.12. The van der Waals surface area contributed by atoms with Crippen LogP contribution < -0.4 is 0 Å². The molecule has 1 unspecified atom stereocenters. The van der Waals surface area contributed by atoms with Crippen molar-refractivity contribution < 1.29 is 19.4 Å². The van der Waals surface area contributed by atoms with Gasteiger partial charge in [-0.3, -0.25) is 9.59 Å². The monoisotopic (exact) mass is 293 g/mol. The zero-order valence-electron chi connectivity index (χ0n) is 12.8. The molecule has 0 fully saturated rings. The lowest BCUT2D eigenvalue weighted by atomic mass is 10.1. The number of amides is 1. The highest BCUT2D eigenvalue weighted by Gasteiger charge is 2.28. The summed E-state index contributed by atoms with van der Waals surface area (Å²) in [7, 11) is 0. The van der Waals surface area contributed by atoms with Gasteiger partial charge in [0.2, 0.25) is 0 Å². The van der Waals surface area contributed by atoms with E-state index in [2.05, 4.69) is 0 Å². The number of carbonyl (C=O) groups excluding carboxylic acids is 1. The highest BCUT2D eigenvalue weighted by molar-refractivity contribution is 5.85. The smallest absolute Gasteiger partial charge is 0.323 e. The molecule has 0 bridgehead atoms. The Kier molecular flexibility index (Phi) is 6.88. The van der Waals surface area contributed by atoms with Crippen molar-refractivity contribution in [2.45, 2.75) is 26.9 Å². The van der Waals surface area contributed by atoms with E-state index >= 15 is 0 Å². The third-order valence-electron chi connectivity index (χ3n) is 2.88. The quantitative estimate of drug-likeness (QED) is 0.799. The molecule has 21 heavy (non-hydrogen) atoms. The SMILES string of the molecule is CCOC(C(=O)N(CC(=O)O)CC(C)C)c1ccccc1. The number of carbonyl (C=O) groups is 2. The summed E-state index contributed by atoms with van der Waals surface area (Å²) in [5.74, 6) is -1.14. The van der Waals surface area contributed by atoms with Crippen molar-refractivity contribution >= 4 is 11.9 Å². The summed E-state index contributed by atoms with van der Waals surface area (Å²) in [4.78, 5) is 25.0. The van der Waals surface area contributed by atoms with Gasteiger partial charge < -0.3 is 14.7 Å². The van der Waals surface area contributed by atoms with Crippen LogP contribution in [0.2, 0.25) is 0 Å². The molecule has 0 heterocycles. The molecule has 0 aliphatic heterocycles. The average molecular weight is 293 g/mol. The van der Waals surface area contributed by atoms with Gasteiger partial charge in [-0.1, -0.05) is 44.2 Å². The van der Waals surface area contributed by atoms with Crippen LogP contribution in [0.1, 0.15) is 32.4 Å². The van der Waals surface area contributed by atoms with Crippen LogP contribution in [0.3, 0.4) is 0 Å². The standard InChI is InChI=1S/C16H23NO4/c1-4-21-15(13-8-6-5-7-9-13)16(20)17(10-12(2)3)11-14(18)19/h5-9,12,15H,4,10-11H2,1-3H3,(H,18,19). The molecule has 0 spiro atoms. The molecule has 5 nitrogen and oxygen atoms in total. The second-order valence-corrected chi connectivity index (χ2v) is 5.25. The maximum Gasteiger partial charge on any atom is 0.323 e. The first kappa shape index (κ1) is 17.2. The zero-order chi connectivity index (χ0) is 15.8. The largest absolute Gasteiger partial charge is 0.480 e. The van der Waals surface area contributed by atoms with E-state index in [4.69, 9.17) is 9.84 Å². The van der Waals surface area contributed by atoms with Crippen molar-refractivity contribution in [3.63, 3.8) is 0 Å². The summed E-state index contributed by atoms with van der Waals surface area (Å²) < 4.78 is 5.55. The molecule has 0 aromatic heterocycles. The van der Waals surface area contributed by atoms with Crippen LogP contribution in [0, 0.1) is 5.92 Å². The Labute approximate surface area is 125 Å². The van der Waals surface area contributed by atoms with E-state index in [0.717, 1.165) is 5.56 Å². The third-order valence-corrected chi connectivity index (χ3v) is 2.88. The van der Waals surface area contributed by atoms with Crippen LogP contribution in [-0.4, -0.2) is 41.6 Å². The molecule has 0 aliphatic rings. The molecule has 0 aliphatic carbocycles. The highest BCUT2D eigenvalue weighted by Crippen LogP contribution is 2.20. The van der Waals surface area contributed by atoms with E-state index < -0.39 is 12.1 Å². The lowest BCUT2D eigenvalue weighted by molar-refractivity contribution is -0.151. The molecule has 1 amide bonds. The van der Waals surface area contributed by atoms with E-state index in [1.54, 1.807) is 0 Å². The molecule has 0 radical (unpaired) electrons. The summed E-state index contributed by atoms with van der Waals surface area (Å²) in [6, 6.07) is 9.15. The van der Waals surface area contributed by atoms with Gasteiger partial charge in [0.1, 0.15) is 6.54 Å². The Morgan fingerprint density at radius 2 is 1.86 bits per heavy atom. The molecule has 1 aromatic rings. The highest BCUT2D eigenvalue weighted by atomic mass is 16.5. The number of carboxylic acids is 1. The van der Waals surface area contributed by atoms with E-state index in [1.807, 2.05) is 51.1 Å². The summed E-state index contributed by atoms with van der Waals surface area (Å²) in [5, 5.41) is 8.99. The van der Waals surface area contributed by atoms with Crippen molar-refractivity contribution in [1.82, 2.24) is 4.90 Å². The second kappa shape index (κ2) is 8.42. The molecule has 1 aromatic carbocycles. The van der Waals surface area contributed by atoms with Gasteiger partial charge in [-0.25, -0.2) is 0 Å². The Balaban J connectivity index is 2.97. The molecule has 1 atom stereocenters. The van der Waals surface area contributed by atoms with Gasteiger partial charge in [0, 0.05) is 13.2 Å². The van der Waals surface area contributed by atoms with Crippen molar-refractivity contribution in [3.8, 4) is 0 Å². The van der Waals surface area contributed by atoms with Crippen LogP contribution in [-0.2, 0) is 14.3 Å². The van der Waals surface area contributed by atoms with Crippen LogP contribution in [0.15, 0.2) is 30.3 Å². The minimum Gasteiger partial charge on any atom is -0.480 e. The van der Waals surface area contributed by atoms with Crippen molar-refractivity contribution in [3.05, 3.63) is 35.9 Å². The van der Waals surface area contributed by atoms with Gasteiger partial charge in [-0.05, 0) is 18.4 Å². The maximum atomic E-state index is 12.6. The van der Waals surface area contributed by atoms with Gasteiger partial charge in [0.25, 0.3) is 5.91 Å². The number of rotatable bonds is 8. The summed E-state index contributed by atoms with van der Waals surface area (Å²) in [6.45, 7) is 6.16. The predicted molar refractivity (Wildman–Crippen MR) is 79.9 cm³/mol. The fraction of sp³-hybridized carbons (Fsp3) is 0.500. The van der Waals surface area contributed by atoms with Crippen LogP contribution in [0.25, 0.3) is 0 Å². The Bertz CT molecular complexity index is 459. The lowest BCUT2D eigenvalue weighted by Crippen LogP contribution is -2.41. The summed E-state index contributed by atoms with van der Waals surface area (Å²) >= 11 is 0. The number of ether oxygens (including phenoxy) is 1. The first-order valence-electron chi connectivity index (χ1n) is 7.12. The molecule has 1 rings (SSSR count). The zero-order valence-corrected chi connectivity index (χ0v) is 12.8. The number of hydrogen-bond donors (Lipinski definition) is 1. The number of benzene rings is 1. The summed E-state index contributed by atoms with van der Waals surface area (Å²) in [6.07, 6.45) is -0.755. The van der Waals surface area contributed by atoms with Crippen LogP contribution in [0.5, 0.6) is 0 Å². The topological polar surface area (TPSA) is 66.8 Å². The van der Waals surface area contributed by atoms with Gasteiger partial charge in [0.15, 0.2) is 6.10 Å². The van der Waals surface area contributed by atoms with Gasteiger partial charge >= 0.3 is 5.97 Å². The van der Waals surface area contributed by atoms with E-state index in [0.29, 0.717) is 13.2 Å². The second-order valence-electron chi connectivity index (χ2n) is 5.25. The fourth-order valence-electron chi connectivity index (χ4n) is 2.11. The molecule has 1 N–H and O–H groups in total.